The number of nitrogens with one attached hydrogen (secondary N) is 1. The highest BCUT2D eigenvalue weighted by Crippen LogP contribution is 2.30. The van der Waals surface area contributed by atoms with Crippen molar-refractivity contribution in [2.45, 2.75) is 50.2 Å². The molecule has 0 aromatic carbocycles. The Bertz CT molecular complexity index is 595. The van der Waals surface area contributed by atoms with E-state index in [1.165, 1.54) is 11.8 Å². The van der Waals surface area contributed by atoms with Crippen LogP contribution in [0.2, 0.25) is 0 Å². The Morgan fingerprint density at radius 3 is 2.67 bits per heavy atom. The summed E-state index contributed by atoms with van der Waals surface area (Å²) in [7, 11) is 1.93. The van der Waals surface area contributed by atoms with Crippen LogP contribution in [0.15, 0.2) is 16.5 Å². The average Bonchev–Trinajstić information content (AvgIpc) is 2.86. The van der Waals surface area contributed by atoms with Crippen LogP contribution in [0.5, 0.6) is 0 Å². The fourth-order valence-electron chi connectivity index (χ4n) is 1.84. The zero-order valence-corrected chi connectivity index (χ0v) is 13.9. The van der Waals surface area contributed by atoms with Crippen molar-refractivity contribution in [2.24, 2.45) is 7.05 Å². The highest BCUT2D eigenvalue weighted by atomic mass is 32.2. The molecule has 1 N–H and O–H groups in total. The van der Waals surface area contributed by atoms with Gasteiger partial charge in [0.05, 0.1) is 0 Å². The molecule has 0 fully saturated rings. The number of aryl methyl sites for hydroxylation is 2. The van der Waals surface area contributed by atoms with Crippen LogP contribution in [0.25, 0.3) is 0 Å². The summed E-state index contributed by atoms with van der Waals surface area (Å²) < 4.78 is 1.89. The lowest BCUT2D eigenvalue weighted by molar-refractivity contribution is 0.776. The van der Waals surface area contributed by atoms with Gasteiger partial charge in [0.2, 0.25) is 0 Å². The Morgan fingerprint density at radius 1 is 1.24 bits per heavy atom. The van der Waals surface area contributed by atoms with Crippen molar-refractivity contribution in [3.63, 3.8) is 0 Å². The van der Waals surface area contributed by atoms with Crippen LogP contribution >= 0.6 is 11.8 Å². The van der Waals surface area contributed by atoms with Gasteiger partial charge in [0.15, 0.2) is 5.16 Å². The third-order valence-corrected chi connectivity index (χ3v) is 4.16. The fourth-order valence-corrected chi connectivity index (χ4v) is 2.69. The molecule has 0 unspecified atom stereocenters. The quantitative estimate of drug-likeness (QED) is 0.793. The van der Waals surface area contributed by atoms with Crippen molar-refractivity contribution in [1.29, 1.82) is 0 Å². The predicted molar refractivity (Wildman–Crippen MR) is 84.7 cm³/mol. The van der Waals surface area contributed by atoms with E-state index in [2.05, 4.69) is 39.3 Å². The van der Waals surface area contributed by atoms with Gasteiger partial charge in [-0.3, -0.25) is 0 Å². The Hall–Kier alpha value is -1.63. The molecular weight excluding hydrogens is 284 g/mol. The first-order chi connectivity index (χ1) is 10.2. The summed E-state index contributed by atoms with van der Waals surface area (Å²) in [5.41, 5.74) is 1.07. The molecule has 2 rings (SSSR count). The van der Waals surface area contributed by atoms with Gasteiger partial charge in [-0.25, -0.2) is 9.97 Å². The lowest BCUT2D eigenvalue weighted by atomic mass is 10.3. The number of hydrogen-bond donors (Lipinski definition) is 1. The Kier molecular flexibility index (Phi) is 5.55. The number of rotatable bonds is 7. The molecule has 0 radical (unpaired) electrons. The molecule has 2 heterocycles. The molecule has 0 aliphatic heterocycles. The zero-order chi connectivity index (χ0) is 15.2. The highest BCUT2D eigenvalue weighted by molar-refractivity contribution is 7.99. The molecule has 6 nitrogen and oxygen atoms in total. The van der Waals surface area contributed by atoms with Crippen LogP contribution in [-0.4, -0.2) is 31.3 Å². The molecule has 0 saturated heterocycles. The number of nitrogens with zero attached hydrogens (tertiary/aromatic N) is 5. The standard InChI is InChI=1S/C14H22N6S/c1-5-7-11-17-12(15-8-6-2)10(3)13(18-11)21-14-19-16-9-20(14)4/h9H,5-8H2,1-4H3,(H,15,17,18). The minimum atomic E-state index is 0.834. The largest absolute Gasteiger partial charge is 0.370 e. The first-order valence-electron chi connectivity index (χ1n) is 7.28. The third kappa shape index (κ3) is 3.93. The molecule has 0 amide bonds. The Balaban J connectivity index is 2.33. The first kappa shape index (κ1) is 15.8. The van der Waals surface area contributed by atoms with E-state index in [9.17, 15) is 0 Å². The second kappa shape index (κ2) is 7.40. The van der Waals surface area contributed by atoms with Crippen molar-refractivity contribution in [2.75, 3.05) is 11.9 Å². The normalized spacial score (nSPS) is 10.9. The molecule has 7 heteroatoms. The molecule has 21 heavy (non-hydrogen) atoms. The molecule has 0 aliphatic rings. The van der Waals surface area contributed by atoms with E-state index >= 15 is 0 Å². The molecule has 114 valence electrons. The molecule has 0 atom stereocenters. The molecule has 0 aliphatic carbocycles. The van der Waals surface area contributed by atoms with Crippen molar-refractivity contribution in [3.05, 3.63) is 17.7 Å². The summed E-state index contributed by atoms with van der Waals surface area (Å²) in [6.45, 7) is 7.24. The van der Waals surface area contributed by atoms with Gasteiger partial charge in [0.1, 0.15) is 23.0 Å². The van der Waals surface area contributed by atoms with Crippen LogP contribution in [0.1, 0.15) is 38.1 Å². The summed E-state index contributed by atoms with van der Waals surface area (Å²) in [6.07, 6.45) is 4.68. The third-order valence-electron chi connectivity index (χ3n) is 3.02. The molecule has 2 aromatic heterocycles. The van der Waals surface area contributed by atoms with Crippen LogP contribution in [0.3, 0.4) is 0 Å². The summed E-state index contributed by atoms with van der Waals surface area (Å²) in [5, 5.41) is 13.2. The van der Waals surface area contributed by atoms with Crippen molar-refractivity contribution in [1.82, 2.24) is 24.7 Å². The van der Waals surface area contributed by atoms with E-state index < -0.39 is 0 Å². The van der Waals surface area contributed by atoms with E-state index in [1.54, 1.807) is 6.33 Å². The van der Waals surface area contributed by atoms with Crippen LogP contribution < -0.4 is 5.32 Å². The second-order valence-corrected chi connectivity index (χ2v) is 5.88. The first-order valence-corrected chi connectivity index (χ1v) is 8.10. The molecule has 0 bridgehead atoms. The fraction of sp³-hybridized carbons (Fsp3) is 0.571. The lowest BCUT2D eigenvalue weighted by Gasteiger charge is -2.13. The number of aromatic nitrogens is 5. The van der Waals surface area contributed by atoms with E-state index in [1.807, 2.05) is 18.5 Å². The maximum Gasteiger partial charge on any atom is 0.197 e. The van der Waals surface area contributed by atoms with Gasteiger partial charge in [-0.2, -0.15) is 0 Å². The lowest BCUT2D eigenvalue weighted by Crippen LogP contribution is -2.09. The molecule has 0 spiro atoms. The second-order valence-electron chi connectivity index (χ2n) is 4.92. The van der Waals surface area contributed by atoms with Crippen LogP contribution in [0, 0.1) is 6.92 Å². The summed E-state index contributed by atoms with van der Waals surface area (Å²) in [5.74, 6) is 1.81. The Morgan fingerprint density at radius 2 is 2.05 bits per heavy atom. The van der Waals surface area contributed by atoms with Crippen LogP contribution in [-0.2, 0) is 13.5 Å². The maximum atomic E-state index is 4.68. The summed E-state index contributed by atoms with van der Waals surface area (Å²) in [4.78, 5) is 9.31. The topological polar surface area (TPSA) is 68.5 Å². The van der Waals surface area contributed by atoms with Crippen molar-refractivity contribution < 1.29 is 0 Å². The molecular formula is C14H22N6S. The van der Waals surface area contributed by atoms with Gasteiger partial charge in [-0.15, -0.1) is 10.2 Å². The van der Waals surface area contributed by atoms with Crippen molar-refractivity contribution in [3.8, 4) is 0 Å². The monoisotopic (exact) mass is 306 g/mol. The summed E-state index contributed by atoms with van der Waals surface area (Å²) in [6, 6.07) is 0. The van der Waals surface area contributed by atoms with E-state index in [0.29, 0.717) is 0 Å². The van der Waals surface area contributed by atoms with Gasteiger partial charge in [0, 0.05) is 25.6 Å². The number of anilines is 1. The predicted octanol–water partition coefficient (Wildman–Crippen LogP) is 2.84. The van der Waals surface area contributed by atoms with E-state index in [0.717, 1.165) is 53.2 Å². The van der Waals surface area contributed by atoms with Gasteiger partial charge in [-0.05, 0) is 31.5 Å². The molecule has 2 aromatic rings. The van der Waals surface area contributed by atoms with E-state index in [4.69, 9.17) is 0 Å². The maximum absolute atomic E-state index is 4.68. The van der Waals surface area contributed by atoms with Gasteiger partial charge >= 0.3 is 0 Å². The summed E-state index contributed by atoms with van der Waals surface area (Å²) >= 11 is 1.53. The smallest absolute Gasteiger partial charge is 0.197 e. The van der Waals surface area contributed by atoms with Gasteiger partial charge in [0.25, 0.3) is 0 Å². The average molecular weight is 306 g/mol. The van der Waals surface area contributed by atoms with Gasteiger partial charge < -0.3 is 9.88 Å². The van der Waals surface area contributed by atoms with Crippen molar-refractivity contribution >= 4 is 17.6 Å². The highest BCUT2D eigenvalue weighted by Gasteiger charge is 2.14. The number of hydrogen-bond acceptors (Lipinski definition) is 6. The van der Waals surface area contributed by atoms with Gasteiger partial charge in [-0.1, -0.05) is 13.8 Å². The minimum absolute atomic E-state index is 0.834. The Labute approximate surface area is 129 Å². The van der Waals surface area contributed by atoms with E-state index in [-0.39, 0.29) is 0 Å². The van der Waals surface area contributed by atoms with Crippen LogP contribution in [0.4, 0.5) is 5.82 Å². The zero-order valence-electron chi connectivity index (χ0n) is 13.1. The SMILES string of the molecule is CCCNc1nc(CCC)nc(Sc2nncn2C)c1C. The molecule has 0 saturated carbocycles. The minimum Gasteiger partial charge on any atom is -0.370 e.